The van der Waals surface area contributed by atoms with Gasteiger partial charge in [0.1, 0.15) is 6.07 Å². The summed E-state index contributed by atoms with van der Waals surface area (Å²) in [4.78, 5) is 0. The van der Waals surface area contributed by atoms with Crippen LogP contribution in [0.5, 0.6) is 5.75 Å². The summed E-state index contributed by atoms with van der Waals surface area (Å²) in [7, 11) is 0. The first kappa shape index (κ1) is 11.5. The van der Waals surface area contributed by atoms with E-state index in [1.807, 2.05) is 6.07 Å². The summed E-state index contributed by atoms with van der Waals surface area (Å²) >= 11 is 0. The second-order valence-electron chi connectivity index (χ2n) is 3.26. The summed E-state index contributed by atoms with van der Waals surface area (Å²) in [5.41, 5.74) is 0.476. The van der Waals surface area contributed by atoms with Crippen molar-refractivity contribution in [2.75, 3.05) is 0 Å². The molecule has 2 unspecified atom stereocenters. The van der Waals surface area contributed by atoms with Crippen molar-refractivity contribution in [2.24, 2.45) is 0 Å². The molecule has 0 amide bonds. The van der Waals surface area contributed by atoms with Crippen molar-refractivity contribution in [3.8, 4) is 11.8 Å². The SMILES string of the molecule is CC(C#N)Oc1ccc(C(C)O)cc1F. The monoisotopic (exact) mass is 209 g/mol. The molecule has 0 radical (unpaired) electrons. The van der Waals surface area contributed by atoms with Crippen LogP contribution in [-0.4, -0.2) is 11.2 Å². The predicted molar refractivity (Wildman–Crippen MR) is 52.7 cm³/mol. The van der Waals surface area contributed by atoms with Crippen molar-refractivity contribution >= 4 is 0 Å². The minimum Gasteiger partial charge on any atom is -0.473 e. The van der Waals surface area contributed by atoms with E-state index in [0.29, 0.717) is 5.56 Å². The molecule has 15 heavy (non-hydrogen) atoms. The smallest absolute Gasteiger partial charge is 0.181 e. The van der Waals surface area contributed by atoms with E-state index in [-0.39, 0.29) is 5.75 Å². The molecule has 0 heterocycles. The number of ether oxygens (including phenoxy) is 1. The van der Waals surface area contributed by atoms with Crippen molar-refractivity contribution in [3.05, 3.63) is 29.6 Å². The van der Waals surface area contributed by atoms with Crippen molar-refractivity contribution < 1.29 is 14.2 Å². The van der Waals surface area contributed by atoms with E-state index in [1.54, 1.807) is 13.0 Å². The molecule has 1 N–H and O–H groups in total. The first-order valence-electron chi connectivity index (χ1n) is 4.58. The fourth-order valence-electron chi connectivity index (χ4n) is 1.09. The Labute approximate surface area is 87.7 Å². The van der Waals surface area contributed by atoms with Gasteiger partial charge in [-0.15, -0.1) is 0 Å². The zero-order valence-corrected chi connectivity index (χ0v) is 8.57. The molecule has 1 aromatic rings. The number of benzene rings is 1. The minimum absolute atomic E-state index is 0.0217. The number of halogens is 1. The average molecular weight is 209 g/mol. The van der Waals surface area contributed by atoms with Gasteiger partial charge in [-0.1, -0.05) is 6.07 Å². The highest BCUT2D eigenvalue weighted by Gasteiger charge is 2.10. The van der Waals surface area contributed by atoms with Crippen LogP contribution in [0.4, 0.5) is 4.39 Å². The summed E-state index contributed by atoms with van der Waals surface area (Å²) in [5.74, 6) is -0.552. The fraction of sp³-hybridized carbons (Fsp3) is 0.364. The Morgan fingerprint density at radius 3 is 2.60 bits per heavy atom. The lowest BCUT2D eigenvalue weighted by Crippen LogP contribution is -2.09. The van der Waals surface area contributed by atoms with Gasteiger partial charge in [-0.2, -0.15) is 5.26 Å². The van der Waals surface area contributed by atoms with Crippen molar-refractivity contribution in [2.45, 2.75) is 26.1 Å². The Morgan fingerprint density at radius 1 is 1.47 bits per heavy atom. The Kier molecular flexibility index (Phi) is 3.64. The fourth-order valence-corrected chi connectivity index (χ4v) is 1.09. The van der Waals surface area contributed by atoms with Crippen LogP contribution < -0.4 is 4.74 Å². The molecule has 80 valence electrons. The Morgan fingerprint density at radius 2 is 2.13 bits per heavy atom. The molecular weight excluding hydrogens is 197 g/mol. The molecule has 3 nitrogen and oxygen atoms in total. The quantitative estimate of drug-likeness (QED) is 0.830. The summed E-state index contributed by atoms with van der Waals surface area (Å²) in [6.45, 7) is 3.08. The molecule has 4 heteroatoms. The summed E-state index contributed by atoms with van der Waals surface area (Å²) in [5, 5.41) is 17.7. The standard InChI is InChI=1S/C11H12FNO2/c1-7(6-13)15-11-4-3-9(8(2)14)5-10(11)12/h3-5,7-8,14H,1-2H3. The van der Waals surface area contributed by atoms with Gasteiger partial charge in [-0.3, -0.25) is 0 Å². The molecule has 1 rings (SSSR count). The van der Waals surface area contributed by atoms with Gasteiger partial charge in [-0.05, 0) is 31.5 Å². The van der Waals surface area contributed by atoms with E-state index >= 15 is 0 Å². The van der Waals surface area contributed by atoms with Gasteiger partial charge >= 0.3 is 0 Å². The second kappa shape index (κ2) is 4.76. The zero-order chi connectivity index (χ0) is 11.4. The molecule has 2 atom stereocenters. The Bertz CT molecular complexity index is 385. The molecule has 0 saturated heterocycles. The molecule has 0 bridgehead atoms. The summed E-state index contributed by atoms with van der Waals surface area (Å²) < 4.78 is 18.4. The van der Waals surface area contributed by atoms with E-state index in [0.717, 1.165) is 0 Å². The van der Waals surface area contributed by atoms with Crippen LogP contribution in [-0.2, 0) is 0 Å². The molecule has 0 fully saturated rings. The second-order valence-corrected chi connectivity index (χ2v) is 3.26. The Hall–Kier alpha value is -1.60. The van der Waals surface area contributed by atoms with Crippen molar-refractivity contribution in [3.63, 3.8) is 0 Å². The van der Waals surface area contributed by atoms with Crippen molar-refractivity contribution in [1.82, 2.24) is 0 Å². The first-order chi connectivity index (χ1) is 7.04. The van der Waals surface area contributed by atoms with Crippen LogP contribution in [0.2, 0.25) is 0 Å². The highest BCUT2D eigenvalue weighted by molar-refractivity contribution is 5.30. The third-order valence-electron chi connectivity index (χ3n) is 1.92. The maximum absolute atomic E-state index is 13.4. The zero-order valence-electron chi connectivity index (χ0n) is 8.57. The number of aliphatic hydroxyl groups is 1. The molecule has 0 aliphatic carbocycles. The minimum atomic E-state index is -0.720. The van der Waals surface area contributed by atoms with Crippen LogP contribution in [0.1, 0.15) is 25.5 Å². The van der Waals surface area contributed by atoms with E-state index in [4.69, 9.17) is 10.00 Å². The summed E-state index contributed by atoms with van der Waals surface area (Å²) in [6, 6.07) is 6.01. The number of nitrogens with zero attached hydrogens (tertiary/aromatic N) is 1. The highest BCUT2D eigenvalue weighted by Crippen LogP contribution is 2.22. The van der Waals surface area contributed by atoms with Gasteiger partial charge in [0.05, 0.1) is 6.10 Å². The number of aliphatic hydroxyl groups excluding tert-OH is 1. The first-order valence-corrected chi connectivity index (χ1v) is 4.58. The van der Waals surface area contributed by atoms with E-state index in [2.05, 4.69) is 0 Å². The lowest BCUT2D eigenvalue weighted by Gasteiger charge is -2.10. The molecule has 0 aliphatic heterocycles. The van der Waals surface area contributed by atoms with E-state index in [1.165, 1.54) is 19.1 Å². The van der Waals surface area contributed by atoms with Gasteiger partial charge in [-0.25, -0.2) is 4.39 Å². The molecule has 0 spiro atoms. The van der Waals surface area contributed by atoms with Gasteiger partial charge in [0.2, 0.25) is 0 Å². The molecular formula is C11H12FNO2. The normalized spacial score (nSPS) is 14.1. The van der Waals surface area contributed by atoms with Crippen LogP contribution in [0.15, 0.2) is 18.2 Å². The lowest BCUT2D eigenvalue weighted by molar-refractivity contribution is 0.198. The topological polar surface area (TPSA) is 53.2 Å². The van der Waals surface area contributed by atoms with Crippen LogP contribution in [0.3, 0.4) is 0 Å². The van der Waals surface area contributed by atoms with E-state index < -0.39 is 18.0 Å². The number of nitriles is 1. The number of rotatable bonds is 3. The molecule has 0 aromatic heterocycles. The Balaban J connectivity index is 2.89. The number of hydrogen-bond acceptors (Lipinski definition) is 3. The third-order valence-corrected chi connectivity index (χ3v) is 1.92. The molecule has 0 aliphatic rings. The third kappa shape index (κ3) is 2.93. The van der Waals surface area contributed by atoms with Crippen LogP contribution >= 0.6 is 0 Å². The van der Waals surface area contributed by atoms with E-state index in [9.17, 15) is 9.50 Å². The van der Waals surface area contributed by atoms with Crippen LogP contribution in [0.25, 0.3) is 0 Å². The summed E-state index contributed by atoms with van der Waals surface area (Å²) in [6.07, 6.45) is -1.42. The molecule has 0 saturated carbocycles. The maximum Gasteiger partial charge on any atom is 0.181 e. The van der Waals surface area contributed by atoms with Crippen molar-refractivity contribution in [1.29, 1.82) is 5.26 Å². The van der Waals surface area contributed by atoms with Crippen LogP contribution in [0, 0.1) is 17.1 Å². The van der Waals surface area contributed by atoms with Gasteiger partial charge < -0.3 is 9.84 Å². The predicted octanol–water partition coefficient (Wildman–Crippen LogP) is 2.17. The highest BCUT2D eigenvalue weighted by atomic mass is 19.1. The average Bonchev–Trinajstić information content (AvgIpc) is 2.20. The lowest BCUT2D eigenvalue weighted by atomic mass is 10.1. The molecule has 1 aromatic carbocycles. The maximum atomic E-state index is 13.4. The largest absolute Gasteiger partial charge is 0.473 e. The van der Waals surface area contributed by atoms with Gasteiger partial charge in [0.25, 0.3) is 0 Å². The van der Waals surface area contributed by atoms with Gasteiger partial charge in [0, 0.05) is 0 Å². The van der Waals surface area contributed by atoms with Gasteiger partial charge in [0.15, 0.2) is 17.7 Å². The number of hydrogen-bond donors (Lipinski definition) is 1.